The predicted molar refractivity (Wildman–Crippen MR) is 82.5 cm³/mol. The smallest absolute Gasteiger partial charge is 0.123 e. The van der Waals surface area contributed by atoms with E-state index in [0.29, 0.717) is 6.54 Å². The van der Waals surface area contributed by atoms with Crippen molar-refractivity contribution in [2.24, 2.45) is 17.6 Å². The lowest BCUT2D eigenvalue weighted by Crippen LogP contribution is -2.20. The first-order valence-electron chi connectivity index (χ1n) is 7.22. The average Bonchev–Trinajstić information content (AvgIpc) is 2.75. The molecule has 2 unspecified atom stereocenters. The molecule has 0 spiro atoms. The highest BCUT2D eigenvalue weighted by Crippen LogP contribution is 2.27. The van der Waals surface area contributed by atoms with E-state index < -0.39 is 0 Å². The maximum Gasteiger partial charge on any atom is 0.123 e. The van der Waals surface area contributed by atoms with Crippen LogP contribution < -0.4 is 10.5 Å². The van der Waals surface area contributed by atoms with Crippen LogP contribution in [0.3, 0.4) is 0 Å². The molecule has 2 N–H and O–H groups in total. The van der Waals surface area contributed by atoms with Gasteiger partial charge in [-0.25, -0.2) is 0 Å². The van der Waals surface area contributed by atoms with Crippen LogP contribution in [0.5, 0.6) is 5.75 Å². The van der Waals surface area contributed by atoms with Gasteiger partial charge in [0, 0.05) is 30.8 Å². The molecule has 0 radical (unpaired) electrons. The standard InChI is InChI=1S/C17H24N2O/c1-13-10-19(11-14(13)2)12-16-9-15(5-4-8-18)6-7-17(16)20-3/h6-7,9,13-14H,8,10-12,18H2,1-3H3. The number of ether oxygens (including phenoxy) is 1. The van der Waals surface area contributed by atoms with E-state index in [1.165, 1.54) is 5.56 Å². The van der Waals surface area contributed by atoms with Gasteiger partial charge in [0.2, 0.25) is 0 Å². The van der Waals surface area contributed by atoms with E-state index in [2.05, 4.69) is 36.7 Å². The fraction of sp³-hybridized carbons (Fsp3) is 0.529. The van der Waals surface area contributed by atoms with Crippen LogP contribution in [0.1, 0.15) is 25.0 Å². The molecule has 3 nitrogen and oxygen atoms in total. The number of methoxy groups -OCH3 is 1. The molecular weight excluding hydrogens is 248 g/mol. The summed E-state index contributed by atoms with van der Waals surface area (Å²) >= 11 is 0. The number of nitrogens with two attached hydrogens (primary N) is 1. The first-order valence-corrected chi connectivity index (χ1v) is 7.22. The zero-order valence-corrected chi connectivity index (χ0v) is 12.6. The lowest BCUT2D eigenvalue weighted by Gasteiger charge is -2.17. The first kappa shape index (κ1) is 14.9. The molecule has 20 heavy (non-hydrogen) atoms. The third-order valence-corrected chi connectivity index (χ3v) is 4.07. The molecule has 0 saturated carbocycles. The highest BCUT2D eigenvalue weighted by atomic mass is 16.5. The number of benzene rings is 1. The molecule has 0 aromatic heterocycles. The maximum absolute atomic E-state index is 5.47. The Kier molecular flexibility index (Phi) is 5.05. The van der Waals surface area contributed by atoms with Crippen molar-refractivity contribution in [3.63, 3.8) is 0 Å². The highest BCUT2D eigenvalue weighted by molar-refractivity contribution is 5.44. The van der Waals surface area contributed by atoms with Crippen molar-refractivity contribution in [3.05, 3.63) is 29.3 Å². The van der Waals surface area contributed by atoms with Crippen LogP contribution in [0.4, 0.5) is 0 Å². The molecule has 108 valence electrons. The van der Waals surface area contributed by atoms with Gasteiger partial charge < -0.3 is 10.5 Å². The molecule has 1 aliphatic rings. The quantitative estimate of drug-likeness (QED) is 0.856. The molecule has 1 saturated heterocycles. The zero-order chi connectivity index (χ0) is 14.5. The van der Waals surface area contributed by atoms with Gasteiger partial charge in [-0.1, -0.05) is 25.7 Å². The van der Waals surface area contributed by atoms with E-state index in [1.54, 1.807) is 7.11 Å². The number of rotatable bonds is 3. The van der Waals surface area contributed by atoms with Crippen molar-refractivity contribution < 1.29 is 4.74 Å². The van der Waals surface area contributed by atoms with Gasteiger partial charge in [-0.3, -0.25) is 4.90 Å². The van der Waals surface area contributed by atoms with Crippen LogP contribution in [-0.4, -0.2) is 31.6 Å². The minimum Gasteiger partial charge on any atom is -0.496 e. The fourth-order valence-corrected chi connectivity index (χ4v) is 2.75. The Morgan fingerprint density at radius 1 is 1.30 bits per heavy atom. The Morgan fingerprint density at radius 3 is 2.60 bits per heavy atom. The second-order valence-electron chi connectivity index (χ2n) is 5.68. The summed E-state index contributed by atoms with van der Waals surface area (Å²) in [6.45, 7) is 8.28. The number of hydrogen-bond donors (Lipinski definition) is 1. The zero-order valence-electron chi connectivity index (χ0n) is 12.6. The summed E-state index contributed by atoms with van der Waals surface area (Å²) in [5, 5.41) is 0. The van der Waals surface area contributed by atoms with Gasteiger partial charge in [-0.15, -0.1) is 0 Å². The maximum atomic E-state index is 5.47. The second kappa shape index (κ2) is 6.78. The molecule has 3 heteroatoms. The fourth-order valence-electron chi connectivity index (χ4n) is 2.75. The van der Waals surface area contributed by atoms with Gasteiger partial charge in [0.15, 0.2) is 0 Å². The van der Waals surface area contributed by atoms with Crippen LogP contribution in [0.2, 0.25) is 0 Å². The lowest BCUT2D eigenvalue weighted by atomic mass is 10.0. The van der Waals surface area contributed by atoms with Crippen molar-refractivity contribution in [3.8, 4) is 17.6 Å². The van der Waals surface area contributed by atoms with Crippen molar-refractivity contribution in [2.75, 3.05) is 26.7 Å². The Morgan fingerprint density at radius 2 is 2.00 bits per heavy atom. The molecule has 2 atom stereocenters. The Labute approximate surface area is 122 Å². The topological polar surface area (TPSA) is 38.5 Å². The van der Waals surface area contributed by atoms with Gasteiger partial charge in [0.1, 0.15) is 5.75 Å². The summed E-state index contributed by atoms with van der Waals surface area (Å²) < 4.78 is 5.47. The van der Waals surface area contributed by atoms with Crippen LogP contribution in [0, 0.1) is 23.7 Å². The Bertz CT molecular complexity index is 505. The molecule has 1 aromatic carbocycles. The van der Waals surface area contributed by atoms with Crippen LogP contribution in [0.15, 0.2) is 18.2 Å². The van der Waals surface area contributed by atoms with Crippen LogP contribution >= 0.6 is 0 Å². The van der Waals surface area contributed by atoms with Gasteiger partial charge in [0.05, 0.1) is 13.7 Å². The van der Waals surface area contributed by atoms with E-state index >= 15 is 0 Å². The van der Waals surface area contributed by atoms with E-state index in [0.717, 1.165) is 42.8 Å². The molecule has 1 aliphatic heterocycles. The summed E-state index contributed by atoms with van der Waals surface area (Å²) in [5.74, 6) is 8.46. The Balaban J connectivity index is 2.16. The minimum atomic E-state index is 0.391. The lowest BCUT2D eigenvalue weighted by molar-refractivity contribution is 0.307. The largest absolute Gasteiger partial charge is 0.496 e. The normalized spacial score (nSPS) is 22.4. The SMILES string of the molecule is COc1ccc(C#CCN)cc1CN1CC(C)C(C)C1. The van der Waals surface area contributed by atoms with E-state index in [4.69, 9.17) is 10.5 Å². The van der Waals surface area contributed by atoms with Gasteiger partial charge in [0.25, 0.3) is 0 Å². The van der Waals surface area contributed by atoms with Crippen molar-refractivity contribution in [1.29, 1.82) is 0 Å². The average molecular weight is 272 g/mol. The van der Waals surface area contributed by atoms with Crippen LogP contribution in [0.25, 0.3) is 0 Å². The summed E-state index contributed by atoms with van der Waals surface area (Å²) in [6, 6.07) is 6.11. The highest BCUT2D eigenvalue weighted by Gasteiger charge is 2.26. The van der Waals surface area contributed by atoms with E-state index in [1.807, 2.05) is 12.1 Å². The van der Waals surface area contributed by atoms with Crippen molar-refractivity contribution in [2.45, 2.75) is 20.4 Å². The molecule has 0 amide bonds. The van der Waals surface area contributed by atoms with Crippen molar-refractivity contribution in [1.82, 2.24) is 4.90 Å². The van der Waals surface area contributed by atoms with Gasteiger partial charge >= 0.3 is 0 Å². The third kappa shape index (κ3) is 3.53. The summed E-state index contributed by atoms with van der Waals surface area (Å²) in [4.78, 5) is 2.49. The predicted octanol–water partition coefficient (Wildman–Crippen LogP) is 2.09. The monoisotopic (exact) mass is 272 g/mol. The number of hydrogen-bond acceptors (Lipinski definition) is 3. The summed E-state index contributed by atoms with van der Waals surface area (Å²) in [7, 11) is 1.72. The number of likely N-dealkylation sites (tertiary alicyclic amines) is 1. The Hall–Kier alpha value is -1.50. The van der Waals surface area contributed by atoms with Crippen LogP contribution in [-0.2, 0) is 6.54 Å². The second-order valence-corrected chi connectivity index (χ2v) is 5.68. The third-order valence-electron chi connectivity index (χ3n) is 4.07. The molecular formula is C17H24N2O. The summed E-state index contributed by atoms with van der Waals surface area (Å²) in [5.41, 5.74) is 7.64. The van der Waals surface area contributed by atoms with E-state index in [9.17, 15) is 0 Å². The molecule has 1 fully saturated rings. The minimum absolute atomic E-state index is 0.391. The first-order chi connectivity index (χ1) is 9.63. The summed E-state index contributed by atoms with van der Waals surface area (Å²) in [6.07, 6.45) is 0. The van der Waals surface area contributed by atoms with Gasteiger partial charge in [-0.2, -0.15) is 0 Å². The molecule has 0 bridgehead atoms. The van der Waals surface area contributed by atoms with E-state index in [-0.39, 0.29) is 0 Å². The number of nitrogens with zero attached hydrogens (tertiary/aromatic N) is 1. The van der Waals surface area contributed by atoms with Gasteiger partial charge in [-0.05, 0) is 30.0 Å². The molecule has 1 heterocycles. The molecule has 1 aromatic rings. The van der Waals surface area contributed by atoms with Crippen molar-refractivity contribution >= 4 is 0 Å². The molecule has 2 rings (SSSR count). The molecule has 0 aliphatic carbocycles.